The predicted molar refractivity (Wildman–Crippen MR) is 91.8 cm³/mol. The first-order chi connectivity index (χ1) is 11.5. The van der Waals surface area contributed by atoms with Gasteiger partial charge in [0.15, 0.2) is 5.94 Å². The maximum atomic E-state index is 12.3. The maximum Gasteiger partial charge on any atom is 0.404 e. The minimum absolute atomic E-state index is 0.144. The molecule has 1 amide bonds. The monoisotopic (exact) mass is 367 g/mol. The molecule has 0 aliphatic carbocycles. The minimum Gasteiger partial charge on any atom is -0.446 e. The Labute approximate surface area is 145 Å². The summed E-state index contributed by atoms with van der Waals surface area (Å²) in [4.78, 5) is 36.2. The van der Waals surface area contributed by atoms with Gasteiger partial charge in [-0.1, -0.05) is 22.9 Å². The number of nitrogens with two attached hydrogens (primary N) is 1. The average molecular weight is 368 g/mol. The van der Waals surface area contributed by atoms with Crippen LogP contribution in [0.2, 0.25) is 5.02 Å². The number of hydrogen-bond acceptors (Lipinski definition) is 6. The number of rotatable bonds is 3. The Balaban J connectivity index is 1.90. The highest BCUT2D eigenvalue weighted by Gasteiger charge is 2.26. The molecular formula is C15H14ClN3O4S. The van der Waals surface area contributed by atoms with Crippen molar-refractivity contribution in [2.75, 3.05) is 13.1 Å². The average Bonchev–Trinajstić information content (AvgIpc) is 2.85. The van der Waals surface area contributed by atoms with Gasteiger partial charge in [-0.25, -0.2) is 14.2 Å². The fourth-order valence-electron chi connectivity index (χ4n) is 2.79. The normalized spacial score (nSPS) is 15.3. The van der Waals surface area contributed by atoms with Crippen LogP contribution in [-0.4, -0.2) is 40.7 Å². The van der Waals surface area contributed by atoms with E-state index < -0.39 is 6.09 Å². The van der Waals surface area contributed by atoms with Crippen molar-refractivity contribution in [2.24, 2.45) is 5.73 Å². The number of piperidine rings is 1. The maximum absolute atomic E-state index is 12.3. The Morgan fingerprint density at radius 3 is 2.71 bits per heavy atom. The highest BCUT2D eigenvalue weighted by Crippen LogP contribution is 2.26. The zero-order valence-electron chi connectivity index (χ0n) is 12.5. The van der Waals surface area contributed by atoms with Crippen molar-refractivity contribution in [3.8, 4) is 0 Å². The number of ether oxygens (including phenoxy) is 1. The number of fused-ring (bicyclic) bond motifs is 1. The van der Waals surface area contributed by atoms with E-state index in [2.05, 4.69) is 0 Å². The van der Waals surface area contributed by atoms with E-state index in [1.807, 2.05) is 5.94 Å². The molecule has 7 nitrogen and oxygen atoms in total. The van der Waals surface area contributed by atoms with Crippen LogP contribution in [-0.2, 0) is 9.53 Å². The number of amides is 1. The molecule has 2 aromatic rings. The molecular weight excluding hydrogens is 354 g/mol. The Hall–Kier alpha value is -2.28. The molecule has 0 atom stereocenters. The van der Waals surface area contributed by atoms with Crippen LogP contribution >= 0.6 is 22.9 Å². The van der Waals surface area contributed by atoms with Gasteiger partial charge in [-0.05, 0) is 18.2 Å². The summed E-state index contributed by atoms with van der Waals surface area (Å²) in [5.74, 6) is 2.01. The van der Waals surface area contributed by atoms with Gasteiger partial charge in [-0.2, -0.15) is 0 Å². The van der Waals surface area contributed by atoms with Gasteiger partial charge in [0.25, 0.3) is 0 Å². The quantitative estimate of drug-likeness (QED) is 0.836. The number of hydrogen-bond donors (Lipinski definition) is 1. The van der Waals surface area contributed by atoms with E-state index in [1.54, 1.807) is 23.1 Å². The Morgan fingerprint density at radius 2 is 2.08 bits per heavy atom. The van der Waals surface area contributed by atoms with Gasteiger partial charge in [0.2, 0.25) is 5.82 Å². The summed E-state index contributed by atoms with van der Waals surface area (Å²) in [6, 6.07) is 5.09. The first-order valence-electron chi connectivity index (χ1n) is 7.27. The molecule has 0 unspecified atom stereocenters. The predicted octanol–water partition coefficient (Wildman–Crippen LogP) is 1.91. The Bertz CT molecular complexity index is 892. The molecule has 0 bridgehead atoms. The number of halogens is 1. The van der Waals surface area contributed by atoms with Crippen molar-refractivity contribution in [2.45, 2.75) is 18.9 Å². The van der Waals surface area contributed by atoms with E-state index in [0.29, 0.717) is 36.5 Å². The van der Waals surface area contributed by atoms with Crippen LogP contribution in [0.15, 0.2) is 23.0 Å². The summed E-state index contributed by atoms with van der Waals surface area (Å²) in [5, 5.41) is 0.480. The minimum atomic E-state index is -0.811. The molecule has 3 rings (SSSR count). The molecule has 0 spiro atoms. The number of primary amides is 1. The van der Waals surface area contributed by atoms with Crippen molar-refractivity contribution >= 4 is 51.0 Å². The summed E-state index contributed by atoms with van der Waals surface area (Å²) < 4.78 is 7.04. The summed E-state index contributed by atoms with van der Waals surface area (Å²) in [5.41, 5.74) is 5.59. The zero-order chi connectivity index (χ0) is 17.3. The van der Waals surface area contributed by atoms with Crippen LogP contribution < -0.4 is 10.6 Å². The van der Waals surface area contributed by atoms with E-state index >= 15 is 0 Å². The molecule has 24 heavy (non-hydrogen) atoms. The summed E-state index contributed by atoms with van der Waals surface area (Å²) in [6.07, 6.45) is -0.0523. The lowest BCUT2D eigenvalue weighted by Gasteiger charge is -2.32. The molecule has 1 saturated heterocycles. The first kappa shape index (κ1) is 16.6. The van der Waals surface area contributed by atoms with E-state index in [0.717, 1.165) is 16.0 Å². The highest BCUT2D eigenvalue weighted by atomic mass is 35.5. The van der Waals surface area contributed by atoms with Crippen LogP contribution in [0.3, 0.4) is 0 Å². The van der Waals surface area contributed by atoms with Crippen LogP contribution in [0.1, 0.15) is 12.8 Å². The molecule has 0 radical (unpaired) electrons. The van der Waals surface area contributed by atoms with Crippen molar-refractivity contribution in [3.63, 3.8) is 0 Å². The SMILES string of the molecule is NC(=O)OC1CCN(C(=C=O)n2c(=O)sc3ccc(Cl)cc32)CC1. The molecule has 2 N–H and O–H groups in total. The molecule has 1 aromatic carbocycles. The van der Waals surface area contributed by atoms with E-state index in [9.17, 15) is 14.4 Å². The van der Waals surface area contributed by atoms with Gasteiger partial charge in [0.05, 0.1) is 10.2 Å². The van der Waals surface area contributed by atoms with Crippen LogP contribution in [0.5, 0.6) is 0 Å². The number of carbonyl (C=O) groups is 1. The molecule has 1 aromatic heterocycles. The van der Waals surface area contributed by atoms with Gasteiger partial charge in [0, 0.05) is 31.0 Å². The third-order valence-electron chi connectivity index (χ3n) is 3.87. The van der Waals surface area contributed by atoms with Crippen molar-refractivity contribution < 1.29 is 14.3 Å². The smallest absolute Gasteiger partial charge is 0.404 e. The lowest BCUT2D eigenvalue weighted by atomic mass is 10.1. The highest BCUT2D eigenvalue weighted by molar-refractivity contribution is 7.16. The van der Waals surface area contributed by atoms with Crippen LogP contribution in [0, 0.1) is 0 Å². The van der Waals surface area contributed by atoms with Gasteiger partial charge in [-0.15, -0.1) is 0 Å². The van der Waals surface area contributed by atoms with Crippen LogP contribution in [0.4, 0.5) is 4.79 Å². The van der Waals surface area contributed by atoms with Crippen LogP contribution in [0.25, 0.3) is 16.0 Å². The topological polar surface area (TPSA) is 94.6 Å². The summed E-state index contributed by atoms with van der Waals surface area (Å²) >= 11 is 7.05. The second-order valence-corrected chi connectivity index (χ2v) is 6.79. The fourth-order valence-corrected chi connectivity index (χ4v) is 3.81. The molecule has 9 heteroatoms. The standard InChI is InChI=1S/C15H14ClN3O4S/c16-9-1-2-12-11(7-9)19(15(22)24-12)13(8-20)18-5-3-10(4-6-18)23-14(17)21/h1-2,7,10H,3-6H2,(H2,17,21). The van der Waals surface area contributed by atoms with Crippen molar-refractivity contribution in [1.29, 1.82) is 0 Å². The summed E-state index contributed by atoms with van der Waals surface area (Å²) in [6.45, 7) is 0.903. The van der Waals surface area contributed by atoms with E-state index in [-0.39, 0.29) is 16.8 Å². The van der Waals surface area contributed by atoms with Gasteiger partial charge >= 0.3 is 11.0 Å². The number of benzene rings is 1. The Morgan fingerprint density at radius 1 is 1.38 bits per heavy atom. The lowest BCUT2D eigenvalue weighted by molar-refractivity contribution is 0.0691. The van der Waals surface area contributed by atoms with Crippen molar-refractivity contribution in [3.05, 3.63) is 32.9 Å². The third-order valence-corrected chi connectivity index (χ3v) is 5.03. The Kier molecular flexibility index (Phi) is 4.62. The largest absolute Gasteiger partial charge is 0.446 e. The number of carbonyl (C=O) groups excluding carboxylic acids is 2. The number of likely N-dealkylation sites (tertiary alicyclic amines) is 1. The second kappa shape index (κ2) is 6.68. The van der Waals surface area contributed by atoms with E-state index in [1.165, 1.54) is 4.57 Å². The number of aromatic nitrogens is 1. The number of thiazole rings is 1. The fraction of sp³-hybridized carbons (Fsp3) is 0.333. The molecule has 1 fully saturated rings. The molecule has 1 aliphatic rings. The number of nitrogens with zero attached hydrogens (tertiary/aromatic N) is 2. The third kappa shape index (κ3) is 3.17. The second-order valence-electron chi connectivity index (χ2n) is 5.36. The van der Waals surface area contributed by atoms with Gasteiger partial charge in [-0.3, -0.25) is 4.79 Å². The molecule has 2 heterocycles. The summed E-state index contributed by atoms with van der Waals surface area (Å²) in [7, 11) is 0. The van der Waals surface area contributed by atoms with E-state index in [4.69, 9.17) is 22.1 Å². The molecule has 126 valence electrons. The van der Waals surface area contributed by atoms with Gasteiger partial charge in [0.1, 0.15) is 6.10 Å². The molecule has 1 aliphatic heterocycles. The molecule has 0 saturated carbocycles. The van der Waals surface area contributed by atoms with Crippen molar-refractivity contribution in [1.82, 2.24) is 9.47 Å². The van der Waals surface area contributed by atoms with Gasteiger partial charge < -0.3 is 15.4 Å². The first-order valence-corrected chi connectivity index (χ1v) is 8.46. The zero-order valence-corrected chi connectivity index (χ0v) is 14.1. The lowest BCUT2D eigenvalue weighted by Crippen LogP contribution is -2.40.